The normalized spacial score (nSPS) is 12.5. The largest absolute Gasteiger partial charge is 0.462 e. The van der Waals surface area contributed by atoms with Crippen molar-refractivity contribution in [2.24, 2.45) is 5.73 Å². The van der Waals surface area contributed by atoms with Gasteiger partial charge in [0, 0.05) is 0 Å². The van der Waals surface area contributed by atoms with E-state index in [-0.39, 0.29) is 24.6 Å². The molecule has 0 saturated heterocycles. The van der Waals surface area contributed by atoms with Gasteiger partial charge in [0.15, 0.2) is 0 Å². The highest BCUT2D eigenvalue weighted by Crippen LogP contribution is 2.32. The molecule has 0 unspecified atom stereocenters. The maximum absolute atomic E-state index is 13.8. The van der Waals surface area contributed by atoms with Crippen molar-refractivity contribution in [3.8, 4) is 0 Å². The Morgan fingerprint density at radius 1 is 1.42 bits per heavy atom. The fourth-order valence-corrected chi connectivity index (χ4v) is 1.64. The van der Waals surface area contributed by atoms with Crippen LogP contribution in [0.5, 0.6) is 0 Å². The van der Waals surface area contributed by atoms with Crippen molar-refractivity contribution >= 4 is 18.4 Å². The molecule has 0 bridgehead atoms. The Kier molecular flexibility index (Phi) is 6.39. The van der Waals surface area contributed by atoms with Crippen LogP contribution in [-0.4, -0.2) is 18.5 Å². The molecule has 1 aromatic carbocycles. The molecule has 3 nitrogen and oxygen atoms in total. The Balaban J connectivity index is 0.00000324. The zero-order valence-electron chi connectivity index (χ0n) is 11.1. The van der Waals surface area contributed by atoms with E-state index in [1.54, 1.807) is 32.0 Å². The molecule has 1 rings (SSSR count). The lowest BCUT2D eigenvalue weighted by Crippen LogP contribution is -2.42. The molecule has 0 aliphatic heterocycles. The van der Waals surface area contributed by atoms with Crippen LogP contribution < -0.4 is 5.73 Å². The third-order valence-electron chi connectivity index (χ3n) is 2.71. The molecule has 0 aliphatic carbocycles. The van der Waals surface area contributed by atoms with Gasteiger partial charge in [-0.15, -0.1) is 12.4 Å². The quantitative estimate of drug-likeness (QED) is 0.869. The van der Waals surface area contributed by atoms with E-state index in [0.29, 0.717) is 5.56 Å². The van der Waals surface area contributed by atoms with Gasteiger partial charge in [0.25, 0.3) is 0 Å². The summed E-state index contributed by atoms with van der Waals surface area (Å²) >= 11 is 0. The molecule has 0 radical (unpaired) electrons. The Labute approximate surface area is 117 Å². The van der Waals surface area contributed by atoms with Gasteiger partial charge < -0.3 is 10.5 Å². The molecule has 0 heterocycles. The number of hydrogen-bond donors (Lipinski definition) is 1. The van der Waals surface area contributed by atoms with E-state index in [2.05, 4.69) is 4.74 Å². The van der Waals surface area contributed by atoms with Crippen molar-refractivity contribution in [2.75, 3.05) is 6.61 Å². The first-order valence-corrected chi connectivity index (χ1v) is 5.68. The third-order valence-corrected chi connectivity index (χ3v) is 2.71. The van der Waals surface area contributed by atoms with Crippen LogP contribution in [0.1, 0.15) is 29.7 Å². The number of alkyl halides is 2. The number of benzene rings is 1. The summed E-state index contributed by atoms with van der Waals surface area (Å²) < 4.78 is 31.9. The second-order valence-corrected chi connectivity index (χ2v) is 4.18. The number of nitrogens with two attached hydrogens (primary N) is 1. The van der Waals surface area contributed by atoms with Crippen molar-refractivity contribution in [3.05, 3.63) is 34.9 Å². The topological polar surface area (TPSA) is 52.3 Å². The first-order valence-electron chi connectivity index (χ1n) is 5.68. The first kappa shape index (κ1) is 17.8. The molecular weight excluding hydrogens is 276 g/mol. The summed E-state index contributed by atoms with van der Waals surface area (Å²) in [7, 11) is 0. The summed E-state index contributed by atoms with van der Waals surface area (Å²) in [5.74, 6) is -5.31. The van der Waals surface area contributed by atoms with E-state index < -0.39 is 17.9 Å². The number of carbonyl (C=O) groups excluding carboxylic acids is 1. The highest BCUT2D eigenvalue weighted by Gasteiger charge is 2.48. The van der Waals surface area contributed by atoms with E-state index in [9.17, 15) is 13.6 Å². The average Bonchev–Trinajstić information content (AvgIpc) is 2.31. The van der Waals surface area contributed by atoms with Crippen LogP contribution >= 0.6 is 12.4 Å². The minimum atomic E-state index is -3.73. The smallest absolute Gasteiger partial charge is 0.379 e. The number of ether oxygens (including phenoxy) is 1. The van der Waals surface area contributed by atoms with Crippen molar-refractivity contribution in [1.29, 1.82) is 0 Å². The van der Waals surface area contributed by atoms with Crippen LogP contribution in [0.3, 0.4) is 0 Å². The predicted molar refractivity (Wildman–Crippen MR) is 71.7 cm³/mol. The summed E-state index contributed by atoms with van der Waals surface area (Å²) in [6.07, 6.45) is 0. The highest BCUT2D eigenvalue weighted by atomic mass is 35.5. The van der Waals surface area contributed by atoms with Gasteiger partial charge in [-0.2, -0.15) is 8.78 Å². The molecule has 108 valence electrons. The van der Waals surface area contributed by atoms with Gasteiger partial charge in [-0.25, -0.2) is 4.79 Å². The van der Waals surface area contributed by atoms with Crippen LogP contribution in [-0.2, 0) is 9.53 Å². The molecule has 0 saturated carbocycles. The zero-order valence-corrected chi connectivity index (χ0v) is 11.9. The summed E-state index contributed by atoms with van der Waals surface area (Å²) in [6.45, 7) is 4.82. The second kappa shape index (κ2) is 6.82. The van der Waals surface area contributed by atoms with Crippen molar-refractivity contribution in [3.63, 3.8) is 0 Å². The molecule has 19 heavy (non-hydrogen) atoms. The van der Waals surface area contributed by atoms with Gasteiger partial charge in [0.05, 0.1) is 6.61 Å². The minimum absolute atomic E-state index is 0. The van der Waals surface area contributed by atoms with Crippen LogP contribution in [0.4, 0.5) is 8.78 Å². The van der Waals surface area contributed by atoms with Gasteiger partial charge in [0.1, 0.15) is 6.04 Å². The maximum atomic E-state index is 13.8. The number of aryl methyl sites for hydroxylation is 2. The number of halogens is 3. The SMILES string of the molecule is CCOC(=O)C(F)(F)[C@@H](N)c1cc(C)ccc1C.Cl. The molecule has 0 spiro atoms. The third kappa shape index (κ3) is 3.88. The van der Waals surface area contributed by atoms with E-state index in [1.165, 1.54) is 6.92 Å². The Morgan fingerprint density at radius 2 is 2.00 bits per heavy atom. The molecule has 1 atom stereocenters. The molecule has 0 amide bonds. The Bertz CT molecular complexity index is 452. The first-order chi connectivity index (χ1) is 8.30. The van der Waals surface area contributed by atoms with E-state index in [1.807, 2.05) is 0 Å². The van der Waals surface area contributed by atoms with Gasteiger partial charge in [-0.05, 0) is 31.9 Å². The minimum Gasteiger partial charge on any atom is -0.462 e. The van der Waals surface area contributed by atoms with Crippen LogP contribution in [0.15, 0.2) is 18.2 Å². The fraction of sp³-hybridized carbons (Fsp3) is 0.462. The lowest BCUT2D eigenvalue weighted by atomic mass is 9.95. The molecule has 0 aromatic heterocycles. The fourth-order valence-electron chi connectivity index (χ4n) is 1.64. The predicted octanol–water partition coefficient (Wildman–Crippen LogP) is 2.92. The number of carbonyl (C=O) groups is 1. The van der Waals surface area contributed by atoms with E-state index >= 15 is 0 Å². The summed E-state index contributed by atoms with van der Waals surface area (Å²) in [6, 6.07) is 3.36. The van der Waals surface area contributed by atoms with Gasteiger partial charge in [-0.3, -0.25) is 0 Å². The van der Waals surface area contributed by atoms with Gasteiger partial charge in [-0.1, -0.05) is 23.8 Å². The van der Waals surface area contributed by atoms with E-state index in [4.69, 9.17) is 5.73 Å². The summed E-state index contributed by atoms with van der Waals surface area (Å²) in [5, 5.41) is 0. The van der Waals surface area contributed by atoms with Crippen molar-refractivity contribution in [1.82, 2.24) is 0 Å². The Morgan fingerprint density at radius 3 is 2.53 bits per heavy atom. The number of hydrogen-bond acceptors (Lipinski definition) is 3. The number of esters is 1. The maximum Gasteiger partial charge on any atom is 0.379 e. The van der Waals surface area contributed by atoms with Gasteiger partial charge in [0.2, 0.25) is 0 Å². The van der Waals surface area contributed by atoms with Gasteiger partial charge >= 0.3 is 11.9 Å². The Hall–Kier alpha value is -1.20. The second-order valence-electron chi connectivity index (χ2n) is 4.18. The monoisotopic (exact) mass is 293 g/mol. The van der Waals surface area contributed by atoms with Crippen LogP contribution in [0.2, 0.25) is 0 Å². The standard InChI is InChI=1S/C13H17F2NO2.ClH/c1-4-18-12(17)13(14,15)11(16)10-7-8(2)5-6-9(10)3;/h5-7,11H,4,16H2,1-3H3;1H/t11-;/m0./s1. The molecular formula is C13H18ClF2NO2. The van der Waals surface area contributed by atoms with Crippen molar-refractivity contribution < 1.29 is 18.3 Å². The molecule has 6 heteroatoms. The number of rotatable bonds is 4. The van der Waals surface area contributed by atoms with E-state index in [0.717, 1.165) is 5.56 Å². The highest BCUT2D eigenvalue weighted by molar-refractivity contribution is 5.85. The lowest BCUT2D eigenvalue weighted by molar-refractivity contribution is -0.174. The van der Waals surface area contributed by atoms with Crippen LogP contribution in [0.25, 0.3) is 0 Å². The van der Waals surface area contributed by atoms with Crippen LogP contribution in [0, 0.1) is 13.8 Å². The molecule has 0 aliphatic rings. The summed E-state index contributed by atoms with van der Waals surface area (Å²) in [4.78, 5) is 11.2. The van der Waals surface area contributed by atoms with Crippen molar-refractivity contribution in [2.45, 2.75) is 32.7 Å². The molecule has 1 aromatic rings. The lowest BCUT2D eigenvalue weighted by Gasteiger charge is -2.23. The molecule has 2 N–H and O–H groups in total. The summed E-state index contributed by atoms with van der Waals surface area (Å²) in [5.41, 5.74) is 7.21. The average molecular weight is 294 g/mol. The molecule has 0 fully saturated rings. The zero-order chi connectivity index (χ0) is 13.9.